The molecule has 78 valence electrons. The van der Waals surface area contributed by atoms with E-state index in [9.17, 15) is 5.11 Å². The largest absolute Gasteiger partial charge is 0.392 e. The molecule has 13 heavy (non-hydrogen) atoms. The molecule has 1 unspecified atom stereocenters. The van der Waals surface area contributed by atoms with E-state index in [0.717, 1.165) is 18.1 Å². The molecule has 0 saturated heterocycles. The molecule has 1 aliphatic carbocycles. The van der Waals surface area contributed by atoms with Gasteiger partial charge in [0, 0.05) is 5.75 Å². The van der Waals surface area contributed by atoms with E-state index >= 15 is 0 Å². The fraction of sp³-hybridized carbons (Fsp3) is 1.00. The van der Waals surface area contributed by atoms with Gasteiger partial charge in [-0.05, 0) is 24.5 Å². The Kier molecular flexibility index (Phi) is 5.88. The molecule has 0 aliphatic heterocycles. The Balaban J connectivity index is 1.99. The minimum atomic E-state index is -0.0420. The lowest BCUT2D eigenvalue weighted by molar-refractivity contribution is 0.166. The second-order valence-corrected chi connectivity index (χ2v) is 5.26. The molecular weight excluding hydrogens is 180 g/mol. The van der Waals surface area contributed by atoms with Gasteiger partial charge in [0.1, 0.15) is 0 Å². The first kappa shape index (κ1) is 11.4. The number of hydrogen-bond acceptors (Lipinski definition) is 2. The fourth-order valence-electron chi connectivity index (χ4n) is 2.06. The molecular formula is C11H22OS. The van der Waals surface area contributed by atoms with Crippen LogP contribution in [0.15, 0.2) is 0 Å². The van der Waals surface area contributed by atoms with Crippen LogP contribution in [0.5, 0.6) is 0 Å². The molecule has 0 bridgehead atoms. The molecule has 1 nitrogen and oxygen atoms in total. The number of aliphatic hydroxyl groups excluding tert-OH is 1. The molecule has 0 aromatic carbocycles. The van der Waals surface area contributed by atoms with Crippen LogP contribution >= 0.6 is 11.8 Å². The molecule has 0 radical (unpaired) electrons. The number of aliphatic hydroxyl groups is 1. The van der Waals surface area contributed by atoms with Crippen LogP contribution in [0.25, 0.3) is 0 Å². The van der Waals surface area contributed by atoms with Crippen LogP contribution in [-0.4, -0.2) is 22.7 Å². The van der Waals surface area contributed by atoms with Crippen molar-refractivity contribution in [3.8, 4) is 0 Å². The standard InChI is InChI=1S/C11H22OS/c1-2-7-13-9-11(12)8-10-5-3-4-6-10/h10-12H,2-9H2,1H3. The second kappa shape index (κ2) is 6.72. The second-order valence-electron chi connectivity index (χ2n) is 4.11. The third kappa shape index (κ3) is 4.92. The van der Waals surface area contributed by atoms with E-state index in [1.54, 1.807) is 0 Å². The van der Waals surface area contributed by atoms with Gasteiger partial charge in [-0.1, -0.05) is 32.6 Å². The van der Waals surface area contributed by atoms with Crippen molar-refractivity contribution in [3.63, 3.8) is 0 Å². The average molecular weight is 202 g/mol. The molecule has 1 atom stereocenters. The molecule has 1 fully saturated rings. The molecule has 1 aliphatic rings. The third-order valence-corrected chi connectivity index (χ3v) is 4.06. The van der Waals surface area contributed by atoms with Gasteiger partial charge in [0.15, 0.2) is 0 Å². The monoisotopic (exact) mass is 202 g/mol. The minimum absolute atomic E-state index is 0.0420. The Morgan fingerprint density at radius 1 is 1.38 bits per heavy atom. The Bertz CT molecular complexity index is 121. The summed E-state index contributed by atoms with van der Waals surface area (Å²) >= 11 is 1.89. The van der Waals surface area contributed by atoms with Crippen molar-refractivity contribution in [3.05, 3.63) is 0 Å². The highest BCUT2D eigenvalue weighted by Crippen LogP contribution is 2.29. The van der Waals surface area contributed by atoms with Gasteiger partial charge in [0.2, 0.25) is 0 Å². The summed E-state index contributed by atoms with van der Waals surface area (Å²) in [6.45, 7) is 2.19. The normalized spacial score (nSPS) is 20.8. The van der Waals surface area contributed by atoms with Crippen molar-refractivity contribution >= 4 is 11.8 Å². The zero-order chi connectivity index (χ0) is 9.52. The zero-order valence-electron chi connectivity index (χ0n) is 8.67. The summed E-state index contributed by atoms with van der Waals surface area (Å²) in [6, 6.07) is 0. The summed E-state index contributed by atoms with van der Waals surface area (Å²) in [5.41, 5.74) is 0. The van der Waals surface area contributed by atoms with Gasteiger partial charge in [-0.25, -0.2) is 0 Å². The van der Waals surface area contributed by atoms with Crippen LogP contribution in [-0.2, 0) is 0 Å². The minimum Gasteiger partial charge on any atom is -0.392 e. The Morgan fingerprint density at radius 3 is 2.69 bits per heavy atom. The molecule has 0 amide bonds. The van der Waals surface area contributed by atoms with Crippen LogP contribution in [0, 0.1) is 5.92 Å². The van der Waals surface area contributed by atoms with Gasteiger partial charge in [-0.3, -0.25) is 0 Å². The first-order chi connectivity index (χ1) is 6.33. The summed E-state index contributed by atoms with van der Waals surface area (Å²) in [7, 11) is 0. The van der Waals surface area contributed by atoms with Gasteiger partial charge >= 0.3 is 0 Å². The molecule has 1 N–H and O–H groups in total. The van der Waals surface area contributed by atoms with Crippen molar-refractivity contribution in [1.29, 1.82) is 0 Å². The van der Waals surface area contributed by atoms with Crippen molar-refractivity contribution in [2.45, 2.75) is 51.6 Å². The summed E-state index contributed by atoms with van der Waals surface area (Å²) in [6.07, 6.45) is 7.72. The summed E-state index contributed by atoms with van der Waals surface area (Å²) in [5.74, 6) is 2.98. The first-order valence-electron chi connectivity index (χ1n) is 5.58. The average Bonchev–Trinajstić information content (AvgIpc) is 2.57. The fourth-order valence-corrected chi connectivity index (χ4v) is 2.93. The highest BCUT2D eigenvalue weighted by Gasteiger charge is 2.18. The van der Waals surface area contributed by atoms with Gasteiger partial charge < -0.3 is 5.11 Å². The van der Waals surface area contributed by atoms with Crippen LogP contribution < -0.4 is 0 Å². The van der Waals surface area contributed by atoms with E-state index in [2.05, 4.69) is 6.92 Å². The predicted molar refractivity (Wildman–Crippen MR) is 60.2 cm³/mol. The molecule has 1 saturated carbocycles. The summed E-state index contributed by atoms with van der Waals surface area (Å²) < 4.78 is 0. The van der Waals surface area contributed by atoms with Crippen LogP contribution in [0.4, 0.5) is 0 Å². The molecule has 0 aromatic heterocycles. The van der Waals surface area contributed by atoms with E-state index in [1.807, 2.05) is 11.8 Å². The molecule has 0 heterocycles. The number of hydrogen-bond donors (Lipinski definition) is 1. The van der Waals surface area contributed by atoms with Crippen molar-refractivity contribution in [1.82, 2.24) is 0 Å². The number of rotatable bonds is 6. The maximum atomic E-state index is 9.72. The smallest absolute Gasteiger partial charge is 0.0633 e. The van der Waals surface area contributed by atoms with Gasteiger partial charge in [0.25, 0.3) is 0 Å². The van der Waals surface area contributed by atoms with E-state index < -0.39 is 0 Å². The lowest BCUT2D eigenvalue weighted by Crippen LogP contribution is -2.14. The summed E-state index contributed by atoms with van der Waals surface area (Å²) in [4.78, 5) is 0. The highest BCUT2D eigenvalue weighted by molar-refractivity contribution is 7.99. The first-order valence-corrected chi connectivity index (χ1v) is 6.74. The van der Waals surface area contributed by atoms with E-state index in [4.69, 9.17) is 0 Å². The Labute approximate surface area is 86.3 Å². The maximum Gasteiger partial charge on any atom is 0.0633 e. The molecule has 0 spiro atoms. The zero-order valence-corrected chi connectivity index (χ0v) is 9.48. The van der Waals surface area contributed by atoms with E-state index in [0.29, 0.717) is 0 Å². The van der Waals surface area contributed by atoms with E-state index in [1.165, 1.54) is 37.9 Å². The Hall–Kier alpha value is 0.310. The van der Waals surface area contributed by atoms with Crippen LogP contribution in [0.1, 0.15) is 45.4 Å². The highest BCUT2D eigenvalue weighted by atomic mass is 32.2. The molecule has 1 rings (SSSR count). The third-order valence-electron chi connectivity index (χ3n) is 2.74. The summed E-state index contributed by atoms with van der Waals surface area (Å²) in [5, 5.41) is 9.72. The number of thioether (sulfide) groups is 1. The molecule has 2 heteroatoms. The van der Waals surface area contributed by atoms with Crippen molar-refractivity contribution in [2.24, 2.45) is 5.92 Å². The van der Waals surface area contributed by atoms with Crippen molar-refractivity contribution < 1.29 is 5.11 Å². The van der Waals surface area contributed by atoms with E-state index in [-0.39, 0.29) is 6.10 Å². The lowest BCUT2D eigenvalue weighted by Gasteiger charge is -2.14. The van der Waals surface area contributed by atoms with Crippen molar-refractivity contribution in [2.75, 3.05) is 11.5 Å². The lowest BCUT2D eigenvalue weighted by atomic mass is 10.0. The van der Waals surface area contributed by atoms with Gasteiger partial charge in [-0.15, -0.1) is 0 Å². The molecule has 0 aromatic rings. The van der Waals surface area contributed by atoms with Crippen LogP contribution in [0.3, 0.4) is 0 Å². The van der Waals surface area contributed by atoms with Gasteiger partial charge in [0.05, 0.1) is 6.10 Å². The predicted octanol–water partition coefficient (Wildman–Crippen LogP) is 3.07. The maximum absolute atomic E-state index is 9.72. The topological polar surface area (TPSA) is 20.2 Å². The quantitative estimate of drug-likeness (QED) is 0.668. The van der Waals surface area contributed by atoms with Crippen LogP contribution in [0.2, 0.25) is 0 Å². The van der Waals surface area contributed by atoms with Gasteiger partial charge in [-0.2, -0.15) is 11.8 Å². The Morgan fingerprint density at radius 2 is 2.08 bits per heavy atom. The SMILES string of the molecule is CCCSCC(O)CC1CCCC1.